The van der Waals surface area contributed by atoms with Gasteiger partial charge in [-0.05, 0) is 18.9 Å². The number of aromatic nitrogens is 1. The highest BCUT2D eigenvalue weighted by atomic mass is 32.1. The van der Waals surface area contributed by atoms with E-state index in [0.29, 0.717) is 22.7 Å². The van der Waals surface area contributed by atoms with Gasteiger partial charge in [0.15, 0.2) is 16.3 Å². The van der Waals surface area contributed by atoms with Crippen molar-refractivity contribution in [3.05, 3.63) is 52.8 Å². The average Bonchev–Trinajstić information content (AvgIpc) is 3.07. The quantitative estimate of drug-likeness (QED) is 0.514. The normalized spacial score (nSPS) is 11.5. The van der Waals surface area contributed by atoms with E-state index >= 15 is 0 Å². The van der Waals surface area contributed by atoms with Crippen molar-refractivity contribution >= 4 is 33.4 Å². The Hall–Kier alpha value is -3.13. The van der Waals surface area contributed by atoms with Gasteiger partial charge in [0.25, 0.3) is 0 Å². The molecule has 0 aliphatic heterocycles. The summed E-state index contributed by atoms with van der Waals surface area (Å²) < 4.78 is 18.3. The SMILES string of the molecule is CCOC(=O)Cn1c(=NC(=O)CCc2ccccc2)sc2cc(OC)c(OC)cc21. The molecule has 0 saturated carbocycles. The van der Waals surface area contributed by atoms with E-state index in [1.54, 1.807) is 31.8 Å². The second kappa shape index (κ2) is 10.1. The van der Waals surface area contributed by atoms with E-state index < -0.39 is 5.97 Å². The number of rotatable bonds is 8. The largest absolute Gasteiger partial charge is 0.493 e. The van der Waals surface area contributed by atoms with Gasteiger partial charge < -0.3 is 18.8 Å². The van der Waals surface area contributed by atoms with Crippen LogP contribution in [-0.4, -0.2) is 37.3 Å². The molecule has 1 heterocycles. The first kappa shape index (κ1) is 21.6. The molecule has 0 atom stereocenters. The van der Waals surface area contributed by atoms with Gasteiger partial charge in [-0.1, -0.05) is 41.7 Å². The highest BCUT2D eigenvalue weighted by Crippen LogP contribution is 2.33. The fourth-order valence-electron chi connectivity index (χ4n) is 3.03. The molecule has 3 aromatic rings. The summed E-state index contributed by atoms with van der Waals surface area (Å²) in [5, 5.41) is 0. The lowest BCUT2D eigenvalue weighted by Crippen LogP contribution is -2.23. The third-order valence-corrected chi connectivity index (χ3v) is 5.51. The lowest BCUT2D eigenvalue weighted by Gasteiger charge is -2.09. The van der Waals surface area contributed by atoms with Crippen LogP contribution in [0.2, 0.25) is 0 Å². The molecule has 0 aliphatic carbocycles. The Labute approximate surface area is 178 Å². The van der Waals surface area contributed by atoms with Gasteiger partial charge in [0.1, 0.15) is 6.54 Å². The molecule has 30 heavy (non-hydrogen) atoms. The Kier molecular flexibility index (Phi) is 7.24. The van der Waals surface area contributed by atoms with Crippen LogP contribution in [0, 0.1) is 0 Å². The standard InChI is InChI=1S/C22H24N2O5S/c1-4-29-21(26)14-24-16-12-17(27-2)18(28-3)13-19(16)30-22(24)23-20(25)11-10-15-8-6-5-7-9-15/h5-9,12-13H,4,10-11,14H2,1-3H3. The molecule has 3 rings (SSSR count). The van der Waals surface area contributed by atoms with Crippen LogP contribution >= 0.6 is 11.3 Å². The molecule has 2 aromatic carbocycles. The molecule has 1 amide bonds. The summed E-state index contributed by atoms with van der Waals surface area (Å²) in [6.45, 7) is 1.98. The number of thiazole rings is 1. The number of hydrogen-bond donors (Lipinski definition) is 0. The summed E-state index contributed by atoms with van der Waals surface area (Å²) in [7, 11) is 3.10. The van der Waals surface area contributed by atoms with Crippen molar-refractivity contribution in [1.29, 1.82) is 0 Å². The van der Waals surface area contributed by atoms with Gasteiger partial charge in [-0.15, -0.1) is 0 Å². The number of esters is 1. The summed E-state index contributed by atoms with van der Waals surface area (Å²) in [6.07, 6.45) is 0.887. The number of fused-ring (bicyclic) bond motifs is 1. The number of carbonyl (C=O) groups is 2. The Morgan fingerprint density at radius 3 is 2.43 bits per heavy atom. The maximum Gasteiger partial charge on any atom is 0.326 e. The molecular weight excluding hydrogens is 404 g/mol. The van der Waals surface area contributed by atoms with Gasteiger partial charge in [-0.3, -0.25) is 9.59 Å². The van der Waals surface area contributed by atoms with Crippen molar-refractivity contribution in [2.75, 3.05) is 20.8 Å². The van der Waals surface area contributed by atoms with Crippen LogP contribution < -0.4 is 14.3 Å². The molecule has 0 aliphatic rings. The Morgan fingerprint density at radius 1 is 1.07 bits per heavy atom. The first-order chi connectivity index (χ1) is 14.5. The fraction of sp³-hybridized carbons (Fsp3) is 0.318. The first-order valence-corrected chi connectivity index (χ1v) is 10.4. The third kappa shape index (κ3) is 5.07. The number of hydrogen-bond acceptors (Lipinski definition) is 6. The van der Waals surface area contributed by atoms with Crippen molar-refractivity contribution in [1.82, 2.24) is 4.57 Å². The summed E-state index contributed by atoms with van der Waals surface area (Å²) in [5.41, 5.74) is 1.80. The lowest BCUT2D eigenvalue weighted by molar-refractivity contribution is -0.143. The van der Waals surface area contributed by atoms with Crippen molar-refractivity contribution in [2.24, 2.45) is 4.99 Å². The second-order valence-electron chi connectivity index (χ2n) is 6.44. The Morgan fingerprint density at radius 2 is 1.77 bits per heavy atom. The molecule has 8 heteroatoms. The molecule has 158 valence electrons. The van der Waals surface area contributed by atoms with Crippen LogP contribution in [0.3, 0.4) is 0 Å². The minimum Gasteiger partial charge on any atom is -0.493 e. The molecule has 1 aromatic heterocycles. The van der Waals surface area contributed by atoms with E-state index in [4.69, 9.17) is 14.2 Å². The van der Waals surface area contributed by atoms with Crippen molar-refractivity contribution < 1.29 is 23.8 Å². The highest BCUT2D eigenvalue weighted by molar-refractivity contribution is 7.16. The number of methoxy groups -OCH3 is 2. The van der Waals surface area contributed by atoms with Crippen LogP contribution in [0.4, 0.5) is 0 Å². The van der Waals surface area contributed by atoms with Crippen LogP contribution in [0.1, 0.15) is 18.9 Å². The predicted molar refractivity (Wildman–Crippen MR) is 115 cm³/mol. The van der Waals surface area contributed by atoms with Crippen molar-refractivity contribution in [2.45, 2.75) is 26.3 Å². The van der Waals surface area contributed by atoms with E-state index in [2.05, 4.69) is 4.99 Å². The van der Waals surface area contributed by atoms with E-state index in [9.17, 15) is 9.59 Å². The molecule has 0 saturated heterocycles. The zero-order valence-electron chi connectivity index (χ0n) is 17.2. The lowest BCUT2D eigenvalue weighted by atomic mass is 10.1. The molecule has 0 unspecified atom stereocenters. The zero-order chi connectivity index (χ0) is 21.5. The number of nitrogens with zero attached hydrogens (tertiary/aromatic N) is 2. The van der Waals surface area contributed by atoms with E-state index in [-0.39, 0.29) is 25.5 Å². The summed E-state index contributed by atoms with van der Waals surface area (Å²) in [5.74, 6) is 0.450. The third-order valence-electron chi connectivity index (χ3n) is 4.47. The van der Waals surface area contributed by atoms with Crippen LogP contribution in [0.5, 0.6) is 11.5 Å². The van der Waals surface area contributed by atoms with Gasteiger partial charge in [-0.25, -0.2) is 0 Å². The maximum absolute atomic E-state index is 12.5. The van der Waals surface area contributed by atoms with Gasteiger partial charge in [0.2, 0.25) is 5.91 Å². The van der Waals surface area contributed by atoms with E-state index in [1.165, 1.54) is 11.3 Å². The Balaban J connectivity index is 1.99. The molecule has 0 radical (unpaired) electrons. The van der Waals surface area contributed by atoms with Gasteiger partial charge in [0, 0.05) is 18.6 Å². The smallest absolute Gasteiger partial charge is 0.326 e. The summed E-state index contributed by atoms with van der Waals surface area (Å²) in [6, 6.07) is 13.4. The highest BCUT2D eigenvalue weighted by Gasteiger charge is 2.16. The molecule has 0 bridgehead atoms. The van der Waals surface area contributed by atoms with Gasteiger partial charge in [0.05, 0.1) is 31.0 Å². The van der Waals surface area contributed by atoms with E-state index in [1.807, 2.05) is 36.4 Å². The number of ether oxygens (including phenoxy) is 3. The molecule has 7 nitrogen and oxygen atoms in total. The topological polar surface area (TPSA) is 79.1 Å². The van der Waals surface area contributed by atoms with Crippen molar-refractivity contribution in [3.8, 4) is 11.5 Å². The number of benzene rings is 2. The molecule has 0 fully saturated rings. The first-order valence-electron chi connectivity index (χ1n) is 9.58. The number of amides is 1. The van der Waals surface area contributed by atoms with Crippen LogP contribution in [0.25, 0.3) is 10.2 Å². The minimum absolute atomic E-state index is 0.0475. The minimum atomic E-state index is -0.398. The summed E-state index contributed by atoms with van der Waals surface area (Å²) in [4.78, 5) is 29.4. The fourth-order valence-corrected chi connectivity index (χ4v) is 4.09. The number of carbonyl (C=O) groups excluding carboxylic acids is 2. The maximum atomic E-state index is 12.5. The van der Waals surface area contributed by atoms with Crippen LogP contribution in [-0.2, 0) is 27.3 Å². The van der Waals surface area contributed by atoms with Crippen LogP contribution in [0.15, 0.2) is 47.5 Å². The van der Waals surface area contributed by atoms with E-state index in [0.717, 1.165) is 15.8 Å². The van der Waals surface area contributed by atoms with Gasteiger partial charge >= 0.3 is 5.97 Å². The molecule has 0 N–H and O–H groups in total. The van der Waals surface area contributed by atoms with Gasteiger partial charge in [-0.2, -0.15) is 4.99 Å². The average molecular weight is 429 g/mol. The molecule has 0 spiro atoms. The van der Waals surface area contributed by atoms with Crippen molar-refractivity contribution in [3.63, 3.8) is 0 Å². The zero-order valence-corrected chi connectivity index (χ0v) is 18.0. The molecular formula is C22H24N2O5S. The predicted octanol–water partition coefficient (Wildman–Crippen LogP) is 3.34. The number of aryl methyl sites for hydroxylation is 1. The second-order valence-corrected chi connectivity index (χ2v) is 7.45. The monoisotopic (exact) mass is 428 g/mol. The Bertz CT molecular complexity index is 1100. The summed E-state index contributed by atoms with van der Waals surface area (Å²) >= 11 is 1.31.